The van der Waals surface area contributed by atoms with Crippen molar-refractivity contribution in [1.82, 2.24) is 19.8 Å². The zero-order valence-corrected chi connectivity index (χ0v) is 15.6. The summed E-state index contributed by atoms with van der Waals surface area (Å²) in [6, 6.07) is 14.0. The minimum Gasteiger partial charge on any atom is -0.302 e. The van der Waals surface area contributed by atoms with Crippen molar-refractivity contribution in [3.8, 4) is 11.3 Å². The largest absolute Gasteiger partial charge is 0.302 e. The molecule has 6 nitrogen and oxygen atoms in total. The first-order valence-electron chi connectivity index (χ1n) is 8.99. The Morgan fingerprint density at radius 2 is 2.07 bits per heavy atom. The van der Waals surface area contributed by atoms with Gasteiger partial charge in [-0.25, -0.2) is 10.5 Å². The van der Waals surface area contributed by atoms with Crippen LogP contribution < -0.4 is 5.48 Å². The number of carbonyl (C=O) groups is 1. The summed E-state index contributed by atoms with van der Waals surface area (Å²) in [6.45, 7) is 3.98. The summed E-state index contributed by atoms with van der Waals surface area (Å²) in [5.41, 5.74) is 6.43. The average molecular weight is 364 g/mol. The second-order valence-electron chi connectivity index (χ2n) is 6.51. The molecule has 0 unspecified atom stereocenters. The lowest BCUT2D eigenvalue weighted by atomic mass is 10.1. The van der Waals surface area contributed by atoms with Crippen LogP contribution in [0.1, 0.15) is 24.6 Å². The van der Waals surface area contributed by atoms with Crippen LogP contribution in [-0.2, 0) is 11.3 Å². The Morgan fingerprint density at radius 1 is 1.30 bits per heavy atom. The van der Waals surface area contributed by atoms with Crippen molar-refractivity contribution in [3.63, 3.8) is 0 Å². The monoisotopic (exact) mass is 364 g/mol. The van der Waals surface area contributed by atoms with Crippen molar-refractivity contribution < 1.29 is 10.0 Å². The number of rotatable bonds is 7. The lowest BCUT2D eigenvalue weighted by Gasteiger charge is -2.16. The van der Waals surface area contributed by atoms with E-state index in [4.69, 9.17) is 10.2 Å². The molecule has 0 aliphatic carbocycles. The van der Waals surface area contributed by atoms with E-state index in [1.165, 1.54) is 6.08 Å². The van der Waals surface area contributed by atoms with Gasteiger partial charge in [-0.05, 0) is 43.8 Å². The first kappa shape index (κ1) is 18.8. The van der Waals surface area contributed by atoms with Crippen LogP contribution in [0.15, 0.2) is 54.7 Å². The molecule has 1 aromatic carbocycles. The fraction of sp³-hybridized carbons (Fsp3) is 0.238. The fourth-order valence-corrected chi connectivity index (χ4v) is 3.12. The Bertz CT molecular complexity index is 947. The van der Waals surface area contributed by atoms with Crippen LogP contribution in [0.2, 0.25) is 0 Å². The zero-order chi connectivity index (χ0) is 19.2. The smallest absolute Gasteiger partial charge is 0.267 e. The van der Waals surface area contributed by atoms with Crippen molar-refractivity contribution in [2.45, 2.75) is 19.9 Å². The Hall–Kier alpha value is -2.96. The molecule has 0 aliphatic rings. The number of carbonyl (C=O) groups excluding carboxylic acids is 1. The molecule has 3 rings (SSSR count). The predicted molar refractivity (Wildman–Crippen MR) is 106 cm³/mol. The Kier molecular flexibility index (Phi) is 6.01. The van der Waals surface area contributed by atoms with Gasteiger partial charge < -0.3 is 9.30 Å². The average Bonchev–Trinajstić information content (AvgIpc) is 3.04. The molecule has 0 saturated heterocycles. The maximum absolute atomic E-state index is 11.2. The highest BCUT2D eigenvalue weighted by atomic mass is 16.5. The first-order chi connectivity index (χ1) is 13.1. The van der Waals surface area contributed by atoms with Gasteiger partial charge in [0.15, 0.2) is 0 Å². The molecule has 1 amide bonds. The number of nitrogens with one attached hydrogen (secondary N) is 1. The van der Waals surface area contributed by atoms with Crippen molar-refractivity contribution in [1.29, 1.82) is 0 Å². The third-order valence-corrected chi connectivity index (χ3v) is 4.36. The van der Waals surface area contributed by atoms with E-state index in [-0.39, 0.29) is 0 Å². The van der Waals surface area contributed by atoms with Gasteiger partial charge in [-0.1, -0.05) is 37.3 Å². The van der Waals surface area contributed by atoms with Gasteiger partial charge in [-0.15, -0.1) is 0 Å². The van der Waals surface area contributed by atoms with Crippen LogP contribution in [0.25, 0.3) is 23.0 Å². The van der Waals surface area contributed by atoms with Gasteiger partial charge in [0.1, 0.15) is 5.65 Å². The summed E-state index contributed by atoms with van der Waals surface area (Å²) in [6.07, 6.45) is 5.99. The van der Waals surface area contributed by atoms with Crippen LogP contribution in [0, 0.1) is 0 Å². The highest BCUT2D eigenvalue weighted by Gasteiger charge is 2.15. The molecule has 3 aromatic rings. The maximum atomic E-state index is 11.2. The van der Waals surface area contributed by atoms with Crippen LogP contribution >= 0.6 is 0 Å². The SMILES string of the molecule is CCCN(C)Cc1c(-c2ccccc2)nc2cc(C=CC(=O)NO)ccn12. The minimum absolute atomic E-state index is 0.565. The van der Waals surface area contributed by atoms with Crippen molar-refractivity contribution in [2.24, 2.45) is 0 Å². The minimum atomic E-state index is -0.565. The topological polar surface area (TPSA) is 69.9 Å². The Labute approximate surface area is 158 Å². The van der Waals surface area contributed by atoms with E-state index in [9.17, 15) is 4.79 Å². The second kappa shape index (κ2) is 8.62. The lowest BCUT2D eigenvalue weighted by Crippen LogP contribution is -2.20. The third-order valence-electron chi connectivity index (χ3n) is 4.36. The molecule has 2 heterocycles. The van der Waals surface area contributed by atoms with Crippen molar-refractivity contribution in [3.05, 3.63) is 66.0 Å². The molecule has 0 fully saturated rings. The molecule has 0 saturated carbocycles. The number of benzene rings is 1. The summed E-state index contributed by atoms with van der Waals surface area (Å²) >= 11 is 0. The number of pyridine rings is 1. The summed E-state index contributed by atoms with van der Waals surface area (Å²) in [4.78, 5) is 18.3. The third kappa shape index (κ3) is 4.42. The van der Waals surface area contributed by atoms with Gasteiger partial charge in [-0.3, -0.25) is 10.0 Å². The molecule has 2 N–H and O–H groups in total. The molecule has 0 spiro atoms. The molecule has 6 heteroatoms. The van der Waals surface area contributed by atoms with Gasteiger partial charge in [0.25, 0.3) is 5.91 Å². The molecule has 0 atom stereocenters. The number of imidazole rings is 1. The van der Waals surface area contributed by atoms with Gasteiger partial charge in [-0.2, -0.15) is 0 Å². The van der Waals surface area contributed by atoms with Gasteiger partial charge in [0.05, 0.1) is 11.4 Å². The zero-order valence-electron chi connectivity index (χ0n) is 15.6. The van der Waals surface area contributed by atoms with E-state index in [1.807, 2.05) is 36.5 Å². The number of hydrogen-bond acceptors (Lipinski definition) is 4. The number of nitrogens with zero attached hydrogens (tertiary/aromatic N) is 3. The van der Waals surface area contributed by atoms with E-state index in [0.29, 0.717) is 0 Å². The van der Waals surface area contributed by atoms with E-state index in [0.717, 1.165) is 47.7 Å². The lowest BCUT2D eigenvalue weighted by molar-refractivity contribution is -0.124. The van der Waals surface area contributed by atoms with Gasteiger partial charge in [0, 0.05) is 24.4 Å². The quantitative estimate of drug-likeness (QED) is 0.383. The number of fused-ring (bicyclic) bond motifs is 1. The molecular formula is C21H24N4O2. The number of aromatic nitrogens is 2. The van der Waals surface area contributed by atoms with Crippen LogP contribution in [0.3, 0.4) is 0 Å². The second-order valence-corrected chi connectivity index (χ2v) is 6.51. The highest BCUT2D eigenvalue weighted by Crippen LogP contribution is 2.26. The molecule has 27 heavy (non-hydrogen) atoms. The van der Waals surface area contributed by atoms with Crippen LogP contribution in [0.5, 0.6) is 0 Å². The maximum Gasteiger partial charge on any atom is 0.267 e. The summed E-state index contributed by atoms with van der Waals surface area (Å²) in [7, 11) is 2.11. The van der Waals surface area contributed by atoms with Crippen molar-refractivity contribution >= 4 is 17.6 Å². The predicted octanol–water partition coefficient (Wildman–Crippen LogP) is 3.36. The Balaban J connectivity index is 2.05. The molecule has 140 valence electrons. The normalized spacial score (nSPS) is 11.6. The first-order valence-corrected chi connectivity index (χ1v) is 8.99. The summed E-state index contributed by atoms with van der Waals surface area (Å²) < 4.78 is 2.10. The van der Waals surface area contributed by atoms with E-state index < -0.39 is 5.91 Å². The number of amides is 1. The van der Waals surface area contributed by atoms with E-state index >= 15 is 0 Å². The fourth-order valence-electron chi connectivity index (χ4n) is 3.12. The molecule has 0 bridgehead atoms. The standard InChI is InChI=1S/C21H24N4O2/c1-3-12-24(2)15-18-21(17-7-5-4-6-8-17)22-19-14-16(11-13-25(18)19)9-10-20(26)23-27/h4-11,13-14,27H,3,12,15H2,1-2H3,(H,23,26). The summed E-state index contributed by atoms with van der Waals surface area (Å²) in [5.74, 6) is -0.565. The Morgan fingerprint density at radius 3 is 2.78 bits per heavy atom. The highest BCUT2D eigenvalue weighted by molar-refractivity contribution is 5.91. The molecule has 2 aromatic heterocycles. The number of hydrogen-bond donors (Lipinski definition) is 2. The van der Waals surface area contributed by atoms with E-state index in [1.54, 1.807) is 11.6 Å². The number of hydroxylamine groups is 1. The van der Waals surface area contributed by atoms with Gasteiger partial charge in [0.2, 0.25) is 0 Å². The summed E-state index contributed by atoms with van der Waals surface area (Å²) in [5, 5.41) is 8.61. The van der Waals surface area contributed by atoms with Gasteiger partial charge >= 0.3 is 0 Å². The molecule has 0 radical (unpaired) electrons. The van der Waals surface area contributed by atoms with Crippen molar-refractivity contribution in [2.75, 3.05) is 13.6 Å². The molecule has 0 aliphatic heterocycles. The van der Waals surface area contributed by atoms with Crippen LogP contribution in [-0.4, -0.2) is 39.0 Å². The van der Waals surface area contributed by atoms with Crippen LogP contribution in [0.4, 0.5) is 0 Å². The van der Waals surface area contributed by atoms with E-state index in [2.05, 4.69) is 35.4 Å². The molecular weight excluding hydrogens is 340 g/mol.